The minimum Gasteiger partial charge on any atom is -0.396 e. The third-order valence-electron chi connectivity index (χ3n) is 1.26. The van der Waals surface area contributed by atoms with Gasteiger partial charge in [-0.2, -0.15) is 0 Å². The van der Waals surface area contributed by atoms with Crippen molar-refractivity contribution in [3.05, 3.63) is 12.2 Å². The first kappa shape index (κ1) is 21.8. The van der Waals surface area contributed by atoms with Crippen LogP contribution in [0.3, 0.4) is 0 Å². The first-order valence-electron chi connectivity index (χ1n) is 5.55. The van der Waals surface area contributed by atoms with Crippen molar-refractivity contribution in [2.24, 2.45) is 0 Å². The predicted octanol–water partition coefficient (Wildman–Crippen LogP) is -1.36. The Hall–Kier alpha value is -0.500. The van der Waals surface area contributed by atoms with Crippen molar-refractivity contribution in [3.63, 3.8) is 0 Å². The molecule has 0 unspecified atom stereocenters. The highest BCUT2D eigenvalue weighted by Crippen LogP contribution is 1.80. The highest BCUT2D eigenvalue weighted by molar-refractivity contribution is 4.78. The molecule has 0 aliphatic heterocycles. The molecule has 6 N–H and O–H groups in total. The molecule has 0 fully saturated rings. The minimum atomic E-state index is 0.0144. The fourth-order valence-corrected chi connectivity index (χ4v) is 0.443. The Kier molecular flexibility index (Phi) is 37.8. The van der Waals surface area contributed by atoms with Crippen LogP contribution in [0.5, 0.6) is 0 Å². The van der Waals surface area contributed by atoms with Gasteiger partial charge in [0, 0.05) is 26.4 Å². The van der Waals surface area contributed by atoms with Gasteiger partial charge in [-0.1, -0.05) is 12.2 Å². The molecule has 0 amide bonds. The van der Waals surface area contributed by atoms with Crippen LogP contribution in [0.1, 0.15) is 19.3 Å². The molecule has 0 bridgehead atoms. The van der Waals surface area contributed by atoms with Crippen LogP contribution in [0.2, 0.25) is 0 Å². The number of aliphatic hydroxyl groups excluding tert-OH is 6. The third kappa shape index (κ3) is 50.2. The average molecular weight is 254 g/mol. The number of hydrogen-bond donors (Lipinski definition) is 6. The predicted molar refractivity (Wildman–Crippen MR) is 65.5 cm³/mol. The lowest BCUT2D eigenvalue weighted by molar-refractivity contribution is 0.221. The molecule has 0 aromatic carbocycles. The molecule has 0 aliphatic rings. The van der Waals surface area contributed by atoms with E-state index in [1.807, 2.05) is 0 Å². The summed E-state index contributed by atoms with van der Waals surface area (Å²) in [5.74, 6) is 0. The van der Waals surface area contributed by atoms with Crippen molar-refractivity contribution < 1.29 is 30.6 Å². The molecule has 0 rings (SSSR count). The fourth-order valence-electron chi connectivity index (χ4n) is 0.443. The van der Waals surface area contributed by atoms with E-state index in [0.717, 1.165) is 12.8 Å². The summed E-state index contributed by atoms with van der Waals surface area (Å²) in [5.41, 5.74) is 0. The molecule has 106 valence electrons. The van der Waals surface area contributed by atoms with Gasteiger partial charge in [0.25, 0.3) is 0 Å². The van der Waals surface area contributed by atoms with Crippen molar-refractivity contribution >= 4 is 0 Å². The summed E-state index contributed by atoms with van der Waals surface area (Å²) in [7, 11) is 0. The number of aliphatic hydroxyl groups is 6. The summed E-state index contributed by atoms with van der Waals surface area (Å²) >= 11 is 0. The van der Waals surface area contributed by atoms with Gasteiger partial charge in [0.2, 0.25) is 0 Å². The van der Waals surface area contributed by atoms with Gasteiger partial charge in [-0.3, -0.25) is 0 Å². The Bertz CT molecular complexity index is 107. The van der Waals surface area contributed by atoms with Crippen molar-refractivity contribution in [3.8, 4) is 0 Å². The topological polar surface area (TPSA) is 121 Å². The van der Waals surface area contributed by atoms with E-state index in [-0.39, 0.29) is 39.6 Å². The van der Waals surface area contributed by atoms with Crippen LogP contribution >= 0.6 is 0 Å². The largest absolute Gasteiger partial charge is 0.396 e. The van der Waals surface area contributed by atoms with Crippen LogP contribution < -0.4 is 0 Å². The monoisotopic (exact) mass is 254 g/mol. The van der Waals surface area contributed by atoms with E-state index in [1.54, 1.807) is 0 Å². The van der Waals surface area contributed by atoms with E-state index >= 15 is 0 Å². The van der Waals surface area contributed by atoms with Crippen molar-refractivity contribution in [1.29, 1.82) is 0 Å². The lowest BCUT2D eigenvalue weighted by Crippen LogP contribution is -1.85. The van der Waals surface area contributed by atoms with Gasteiger partial charge in [0.1, 0.15) is 0 Å². The highest BCUT2D eigenvalue weighted by atomic mass is 16.3. The summed E-state index contributed by atoms with van der Waals surface area (Å²) in [6.45, 7) is 0.606. The highest BCUT2D eigenvalue weighted by Gasteiger charge is 1.77. The Labute approximate surface area is 102 Å². The zero-order chi connectivity index (χ0) is 13.8. The van der Waals surface area contributed by atoms with E-state index < -0.39 is 0 Å². The van der Waals surface area contributed by atoms with Crippen molar-refractivity contribution in [1.82, 2.24) is 0 Å². The molecular weight excluding hydrogens is 228 g/mol. The van der Waals surface area contributed by atoms with Crippen LogP contribution in [-0.2, 0) is 0 Å². The summed E-state index contributed by atoms with van der Waals surface area (Å²) in [5, 5.41) is 48.0. The smallest absolute Gasteiger partial charge is 0.0613 e. The van der Waals surface area contributed by atoms with Gasteiger partial charge in [-0.25, -0.2) is 0 Å². The fraction of sp³-hybridized carbons (Fsp3) is 0.818. The van der Waals surface area contributed by atoms with Crippen LogP contribution in [0, 0.1) is 0 Å². The SMILES string of the molecule is OC/C=C\CO.OCCCCO.OCCCO. The van der Waals surface area contributed by atoms with E-state index in [4.69, 9.17) is 30.6 Å². The van der Waals surface area contributed by atoms with Crippen LogP contribution in [0.4, 0.5) is 0 Å². The van der Waals surface area contributed by atoms with Crippen LogP contribution in [-0.4, -0.2) is 70.3 Å². The summed E-state index contributed by atoms with van der Waals surface area (Å²) in [6, 6.07) is 0. The summed E-state index contributed by atoms with van der Waals surface area (Å²) < 4.78 is 0. The van der Waals surface area contributed by atoms with E-state index in [9.17, 15) is 0 Å². The molecule has 0 aliphatic carbocycles. The molecule has 0 aromatic heterocycles. The van der Waals surface area contributed by atoms with Crippen molar-refractivity contribution in [2.75, 3.05) is 39.6 Å². The summed E-state index contributed by atoms with van der Waals surface area (Å²) in [6.07, 6.45) is 4.91. The van der Waals surface area contributed by atoms with Gasteiger partial charge in [0.15, 0.2) is 0 Å². The van der Waals surface area contributed by atoms with Crippen molar-refractivity contribution in [2.45, 2.75) is 19.3 Å². The summed E-state index contributed by atoms with van der Waals surface area (Å²) in [4.78, 5) is 0. The standard InChI is InChI=1S/C4H10O2.C4H8O2.C3H8O2/c2*5-3-1-2-4-6;4-2-1-3-5/h5-6H,1-4H2;1-2,5-6H,3-4H2;4-5H,1-3H2/b;2-1-;. The molecule has 0 spiro atoms. The van der Waals surface area contributed by atoms with E-state index in [2.05, 4.69) is 0 Å². The lowest BCUT2D eigenvalue weighted by Gasteiger charge is -1.85. The molecule has 0 heterocycles. The van der Waals surface area contributed by atoms with Gasteiger partial charge >= 0.3 is 0 Å². The second-order valence-electron chi connectivity index (χ2n) is 2.79. The quantitative estimate of drug-likeness (QED) is 0.246. The van der Waals surface area contributed by atoms with Gasteiger partial charge < -0.3 is 30.6 Å². The molecule has 0 aromatic rings. The zero-order valence-corrected chi connectivity index (χ0v) is 10.2. The lowest BCUT2D eigenvalue weighted by atomic mass is 10.3. The Morgan fingerprint density at radius 2 is 0.765 bits per heavy atom. The maximum Gasteiger partial charge on any atom is 0.0613 e. The Morgan fingerprint density at radius 3 is 0.882 bits per heavy atom. The zero-order valence-electron chi connectivity index (χ0n) is 10.2. The molecule has 6 heteroatoms. The first-order chi connectivity index (χ1) is 8.24. The third-order valence-corrected chi connectivity index (χ3v) is 1.26. The number of hydrogen-bond acceptors (Lipinski definition) is 6. The average Bonchev–Trinajstić information content (AvgIpc) is 2.36. The molecule has 0 atom stereocenters. The molecule has 17 heavy (non-hydrogen) atoms. The normalized spacial score (nSPS) is 9.29. The number of unbranched alkanes of at least 4 members (excludes halogenated alkanes) is 1. The number of rotatable bonds is 7. The second kappa shape index (κ2) is 29.6. The maximum absolute atomic E-state index is 8.09. The van der Waals surface area contributed by atoms with Crippen LogP contribution in [0.15, 0.2) is 12.2 Å². The molecular formula is C11H26O6. The Morgan fingerprint density at radius 1 is 0.471 bits per heavy atom. The first-order valence-corrected chi connectivity index (χ1v) is 5.55. The van der Waals surface area contributed by atoms with Gasteiger partial charge in [-0.15, -0.1) is 0 Å². The maximum atomic E-state index is 8.09. The van der Waals surface area contributed by atoms with Gasteiger partial charge in [0.05, 0.1) is 13.2 Å². The Balaban J connectivity index is -0.000000174. The van der Waals surface area contributed by atoms with E-state index in [1.165, 1.54) is 12.2 Å². The van der Waals surface area contributed by atoms with Gasteiger partial charge in [-0.05, 0) is 19.3 Å². The molecule has 0 saturated carbocycles. The second-order valence-corrected chi connectivity index (χ2v) is 2.79. The molecule has 6 nitrogen and oxygen atoms in total. The van der Waals surface area contributed by atoms with E-state index in [0.29, 0.717) is 6.42 Å². The van der Waals surface area contributed by atoms with Crippen LogP contribution in [0.25, 0.3) is 0 Å². The molecule has 0 saturated heterocycles. The molecule has 0 radical (unpaired) electrons. The minimum absolute atomic E-state index is 0.0144.